The molecule has 2 unspecified atom stereocenters. The number of methoxy groups -OCH3 is 3. The highest BCUT2D eigenvalue weighted by Gasteiger charge is 2.33. The first-order valence-electron chi connectivity index (χ1n) is 11.8. The van der Waals surface area contributed by atoms with Gasteiger partial charge in [0.25, 0.3) is 5.91 Å². The summed E-state index contributed by atoms with van der Waals surface area (Å²) in [5.41, 5.74) is 3.00. The van der Waals surface area contributed by atoms with Crippen molar-refractivity contribution in [2.75, 3.05) is 26.6 Å². The second-order valence-corrected chi connectivity index (χ2v) is 10.1. The Labute approximate surface area is 213 Å². The second-order valence-electron chi connectivity index (χ2n) is 8.98. The predicted octanol–water partition coefficient (Wildman–Crippen LogP) is 4.97. The second kappa shape index (κ2) is 9.73. The average Bonchev–Trinajstić information content (AvgIpc) is 3.25. The average molecular weight is 509 g/mol. The Balaban J connectivity index is 1.37. The molecule has 8 nitrogen and oxygen atoms in total. The monoisotopic (exact) mass is 508 g/mol. The fourth-order valence-corrected chi connectivity index (χ4v) is 6.19. The Morgan fingerprint density at radius 2 is 1.78 bits per heavy atom. The van der Waals surface area contributed by atoms with Crippen LogP contribution < -0.4 is 29.6 Å². The third-order valence-electron chi connectivity index (χ3n) is 6.59. The zero-order valence-electron chi connectivity index (χ0n) is 20.6. The van der Waals surface area contributed by atoms with E-state index >= 15 is 0 Å². The molecule has 36 heavy (non-hydrogen) atoms. The van der Waals surface area contributed by atoms with Gasteiger partial charge in [-0.15, -0.1) is 11.3 Å². The maximum absolute atomic E-state index is 13.0. The van der Waals surface area contributed by atoms with E-state index in [1.807, 2.05) is 6.07 Å². The number of anilines is 1. The van der Waals surface area contributed by atoms with Gasteiger partial charge in [0.2, 0.25) is 5.75 Å². The summed E-state index contributed by atoms with van der Waals surface area (Å²) in [4.78, 5) is 27.3. The summed E-state index contributed by atoms with van der Waals surface area (Å²) in [6.07, 6.45) is 2.63. The quantitative estimate of drug-likeness (QED) is 0.358. The van der Waals surface area contributed by atoms with E-state index in [4.69, 9.17) is 18.9 Å². The fraction of sp³-hybridized carbons (Fsp3) is 0.333. The largest absolute Gasteiger partial charge is 0.493 e. The van der Waals surface area contributed by atoms with Gasteiger partial charge in [-0.2, -0.15) is 0 Å². The molecule has 1 aliphatic heterocycles. The third kappa shape index (κ3) is 4.35. The number of rotatable bonds is 6. The normalized spacial score (nSPS) is 18.3. The Morgan fingerprint density at radius 3 is 2.47 bits per heavy atom. The molecule has 0 fully saturated rings. The van der Waals surface area contributed by atoms with Crippen LogP contribution in [0.15, 0.2) is 36.4 Å². The van der Waals surface area contributed by atoms with Gasteiger partial charge in [0.15, 0.2) is 11.5 Å². The van der Waals surface area contributed by atoms with E-state index in [0.717, 1.165) is 35.4 Å². The van der Waals surface area contributed by atoms with Crippen molar-refractivity contribution in [3.63, 3.8) is 0 Å². The number of fused-ring (bicyclic) bond motifs is 3. The number of benzene rings is 2. The molecule has 1 amide bonds. The van der Waals surface area contributed by atoms with Crippen molar-refractivity contribution in [1.82, 2.24) is 5.32 Å². The van der Waals surface area contributed by atoms with Crippen LogP contribution in [0.2, 0.25) is 0 Å². The first-order chi connectivity index (χ1) is 17.4. The Kier molecular flexibility index (Phi) is 6.49. The predicted molar refractivity (Wildman–Crippen MR) is 137 cm³/mol. The summed E-state index contributed by atoms with van der Waals surface area (Å²) in [7, 11) is 4.46. The molecule has 2 atom stereocenters. The molecular weight excluding hydrogens is 480 g/mol. The van der Waals surface area contributed by atoms with Crippen LogP contribution in [0.5, 0.6) is 23.0 Å². The summed E-state index contributed by atoms with van der Waals surface area (Å²) in [5.74, 6) is 1.45. The highest BCUT2D eigenvalue weighted by atomic mass is 32.1. The van der Waals surface area contributed by atoms with Gasteiger partial charge in [0.05, 0.1) is 32.5 Å². The van der Waals surface area contributed by atoms with Crippen LogP contribution in [0, 0.1) is 5.92 Å². The number of hydrogen-bond acceptors (Lipinski definition) is 8. The van der Waals surface area contributed by atoms with Crippen LogP contribution in [-0.4, -0.2) is 33.2 Å². The molecule has 9 heteroatoms. The molecule has 2 N–H and O–H groups in total. The smallest absolute Gasteiger partial charge is 0.343 e. The third-order valence-corrected chi connectivity index (χ3v) is 7.78. The van der Waals surface area contributed by atoms with Gasteiger partial charge < -0.3 is 29.6 Å². The van der Waals surface area contributed by atoms with Gasteiger partial charge in [0, 0.05) is 4.88 Å². The number of ether oxygens (including phenoxy) is 4. The lowest BCUT2D eigenvalue weighted by Crippen LogP contribution is -2.38. The van der Waals surface area contributed by atoms with Gasteiger partial charge in [-0.3, -0.25) is 4.79 Å². The highest BCUT2D eigenvalue weighted by molar-refractivity contribution is 7.16. The van der Waals surface area contributed by atoms with E-state index in [1.165, 1.54) is 43.9 Å². The minimum Gasteiger partial charge on any atom is -0.493 e. The lowest BCUT2D eigenvalue weighted by Gasteiger charge is -2.27. The molecular formula is C27H28N2O6S. The summed E-state index contributed by atoms with van der Waals surface area (Å²) < 4.78 is 21.6. The topological polar surface area (TPSA) is 95.1 Å². The number of thiophene rings is 1. The molecule has 0 radical (unpaired) electrons. The summed E-state index contributed by atoms with van der Waals surface area (Å²) in [6.45, 7) is 2.25. The van der Waals surface area contributed by atoms with E-state index in [2.05, 4.69) is 17.6 Å². The van der Waals surface area contributed by atoms with Crippen LogP contribution in [0.1, 0.15) is 56.2 Å². The van der Waals surface area contributed by atoms with E-state index in [9.17, 15) is 9.59 Å². The van der Waals surface area contributed by atoms with Crippen molar-refractivity contribution in [3.05, 3.63) is 63.5 Å². The molecule has 1 aromatic heterocycles. The van der Waals surface area contributed by atoms with E-state index in [1.54, 1.807) is 29.5 Å². The van der Waals surface area contributed by atoms with Crippen molar-refractivity contribution in [1.29, 1.82) is 0 Å². The molecule has 2 aromatic carbocycles. The number of carbonyl (C=O) groups excluding carboxylic acids is 2. The van der Waals surface area contributed by atoms with Gasteiger partial charge >= 0.3 is 5.97 Å². The van der Waals surface area contributed by atoms with Crippen LogP contribution in [0.3, 0.4) is 0 Å². The molecule has 0 bridgehead atoms. The maximum Gasteiger partial charge on any atom is 0.343 e. The molecule has 2 heterocycles. The van der Waals surface area contributed by atoms with Crippen molar-refractivity contribution < 1.29 is 28.5 Å². The summed E-state index contributed by atoms with van der Waals surface area (Å²) >= 11 is 1.67. The number of carbonyl (C=O) groups is 2. The molecule has 2 aliphatic rings. The van der Waals surface area contributed by atoms with Crippen molar-refractivity contribution in [2.24, 2.45) is 5.92 Å². The molecule has 5 rings (SSSR count). The van der Waals surface area contributed by atoms with Crippen LogP contribution in [0.4, 0.5) is 5.00 Å². The maximum atomic E-state index is 13.0. The van der Waals surface area contributed by atoms with E-state index < -0.39 is 12.1 Å². The first kappa shape index (κ1) is 24.0. The number of hydrogen-bond donors (Lipinski definition) is 2. The Bertz CT molecular complexity index is 1310. The SMILES string of the molecule is COc1cc(C(=O)Oc2cccc(C3NC(=O)c4c(sc5c4CCC(C)C5)N3)c2)cc(OC)c1OC. The fourth-order valence-electron chi connectivity index (χ4n) is 4.75. The van der Waals surface area contributed by atoms with Crippen LogP contribution in [0.25, 0.3) is 0 Å². The standard InChI is InChI=1S/C27H28N2O6S/c1-14-8-9-18-21(10-14)36-26-22(18)25(30)28-24(29-26)15-6-5-7-17(11-15)35-27(31)16-12-19(32-2)23(34-4)20(13-16)33-3/h5-7,11-14,24,29H,8-10H2,1-4H3,(H,28,30). The number of amides is 1. The first-order valence-corrected chi connectivity index (χ1v) is 12.6. The lowest BCUT2D eigenvalue weighted by atomic mass is 9.88. The minimum absolute atomic E-state index is 0.0689. The van der Waals surface area contributed by atoms with Crippen molar-refractivity contribution >= 4 is 28.2 Å². The highest BCUT2D eigenvalue weighted by Crippen LogP contribution is 2.43. The van der Waals surface area contributed by atoms with Gasteiger partial charge in [0.1, 0.15) is 16.9 Å². The zero-order valence-corrected chi connectivity index (χ0v) is 21.4. The van der Waals surface area contributed by atoms with E-state index in [0.29, 0.717) is 28.9 Å². The lowest BCUT2D eigenvalue weighted by molar-refractivity contribution is 0.0733. The Morgan fingerprint density at radius 1 is 1.03 bits per heavy atom. The number of nitrogens with one attached hydrogen (secondary N) is 2. The van der Waals surface area contributed by atoms with E-state index in [-0.39, 0.29) is 11.5 Å². The molecule has 1 aliphatic carbocycles. The summed E-state index contributed by atoms with van der Waals surface area (Å²) in [6, 6.07) is 10.2. The zero-order chi connectivity index (χ0) is 25.4. The molecule has 3 aromatic rings. The molecule has 188 valence electrons. The van der Waals surface area contributed by atoms with Gasteiger partial charge in [-0.1, -0.05) is 19.1 Å². The Hall–Kier alpha value is -3.72. The van der Waals surface area contributed by atoms with Crippen molar-refractivity contribution in [3.8, 4) is 23.0 Å². The minimum atomic E-state index is -0.575. The van der Waals surface area contributed by atoms with Crippen LogP contribution >= 0.6 is 11.3 Å². The van der Waals surface area contributed by atoms with Gasteiger partial charge in [-0.25, -0.2) is 4.79 Å². The molecule has 0 spiro atoms. The van der Waals surface area contributed by atoms with Crippen molar-refractivity contribution in [2.45, 2.75) is 32.4 Å². The van der Waals surface area contributed by atoms with Crippen LogP contribution in [-0.2, 0) is 12.8 Å². The molecule has 0 saturated carbocycles. The molecule has 0 saturated heterocycles. The summed E-state index contributed by atoms with van der Waals surface area (Å²) in [5, 5.41) is 7.44. The number of esters is 1. The van der Waals surface area contributed by atoms with Gasteiger partial charge in [-0.05, 0) is 60.6 Å².